The number of aryl methyl sites for hydroxylation is 1. The van der Waals surface area contributed by atoms with E-state index in [1.54, 1.807) is 12.1 Å². The molecule has 0 spiro atoms. The Labute approximate surface area is 155 Å². The van der Waals surface area contributed by atoms with E-state index in [-0.39, 0.29) is 11.9 Å². The maximum atomic E-state index is 12.8. The molecule has 1 aliphatic rings. The zero-order valence-corrected chi connectivity index (χ0v) is 15.6. The SMILES string of the molecule is CCCOc1ccc(C(=O)N[C@@H]2CCCc3ccccc32)cc1OCC. The van der Waals surface area contributed by atoms with Gasteiger partial charge in [-0.2, -0.15) is 0 Å². The number of fused-ring (bicyclic) bond motifs is 1. The number of ether oxygens (including phenoxy) is 2. The van der Waals surface area contributed by atoms with Crippen molar-refractivity contribution >= 4 is 5.91 Å². The maximum absolute atomic E-state index is 12.8. The minimum Gasteiger partial charge on any atom is -0.490 e. The van der Waals surface area contributed by atoms with Crippen molar-refractivity contribution in [3.63, 3.8) is 0 Å². The maximum Gasteiger partial charge on any atom is 0.251 e. The molecule has 0 fully saturated rings. The summed E-state index contributed by atoms with van der Waals surface area (Å²) >= 11 is 0. The quantitative estimate of drug-likeness (QED) is 0.786. The van der Waals surface area contributed by atoms with Crippen LogP contribution in [0.5, 0.6) is 11.5 Å². The van der Waals surface area contributed by atoms with Crippen molar-refractivity contribution in [3.8, 4) is 11.5 Å². The van der Waals surface area contributed by atoms with Gasteiger partial charge in [0.2, 0.25) is 0 Å². The zero-order chi connectivity index (χ0) is 18.4. The number of benzene rings is 2. The summed E-state index contributed by atoms with van der Waals surface area (Å²) in [6, 6.07) is 13.8. The molecule has 1 aliphatic carbocycles. The van der Waals surface area contributed by atoms with Crippen molar-refractivity contribution in [2.75, 3.05) is 13.2 Å². The van der Waals surface area contributed by atoms with Crippen molar-refractivity contribution in [1.82, 2.24) is 5.32 Å². The van der Waals surface area contributed by atoms with Crippen LogP contribution in [0.2, 0.25) is 0 Å². The molecule has 0 bridgehead atoms. The summed E-state index contributed by atoms with van der Waals surface area (Å²) in [7, 11) is 0. The van der Waals surface area contributed by atoms with Crippen LogP contribution in [-0.2, 0) is 6.42 Å². The van der Waals surface area contributed by atoms with Crippen LogP contribution in [0.4, 0.5) is 0 Å². The average molecular weight is 353 g/mol. The molecule has 0 aliphatic heterocycles. The zero-order valence-electron chi connectivity index (χ0n) is 15.6. The van der Waals surface area contributed by atoms with Gasteiger partial charge in [-0.15, -0.1) is 0 Å². The summed E-state index contributed by atoms with van der Waals surface area (Å²) < 4.78 is 11.4. The first-order valence-corrected chi connectivity index (χ1v) is 9.51. The van der Waals surface area contributed by atoms with Gasteiger partial charge in [0.25, 0.3) is 5.91 Å². The third-order valence-corrected chi connectivity index (χ3v) is 4.64. The molecule has 2 aromatic carbocycles. The molecular weight excluding hydrogens is 326 g/mol. The highest BCUT2D eigenvalue weighted by Gasteiger charge is 2.22. The van der Waals surface area contributed by atoms with Crippen LogP contribution < -0.4 is 14.8 Å². The normalized spacial score (nSPS) is 15.8. The Kier molecular flexibility index (Phi) is 6.16. The molecule has 0 saturated carbocycles. The van der Waals surface area contributed by atoms with E-state index in [2.05, 4.69) is 30.4 Å². The van der Waals surface area contributed by atoms with Crippen LogP contribution in [0.3, 0.4) is 0 Å². The van der Waals surface area contributed by atoms with E-state index in [0.29, 0.717) is 30.3 Å². The summed E-state index contributed by atoms with van der Waals surface area (Å²) in [5.41, 5.74) is 3.17. The highest BCUT2D eigenvalue weighted by molar-refractivity contribution is 5.95. The molecule has 2 aromatic rings. The number of hydrogen-bond donors (Lipinski definition) is 1. The van der Waals surface area contributed by atoms with Gasteiger partial charge in [0.05, 0.1) is 19.3 Å². The first-order valence-electron chi connectivity index (χ1n) is 9.51. The molecule has 1 atom stereocenters. The summed E-state index contributed by atoms with van der Waals surface area (Å²) in [5.74, 6) is 1.24. The second-order valence-corrected chi connectivity index (χ2v) is 6.56. The van der Waals surface area contributed by atoms with Gasteiger partial charge < -0.3 is 14.8 Å². The number of carbonyl (C=O) groups is 1. The molecule has 0 unspecified atom stereocenters. The molecule has 138 valence electrons. The molecule has 0 saturated heterocycles. The average Bonchev–Trinajstić information content (AvgIpc) is 2.67. The van der Waals surface area contributed by atoms with Gasteiger partial charge in [-0.05, 0) is 61.9 Å². The van der Waals surface area contributed by atoms with E-state index in [1.165, 1.54) is 11.1 Å². The Morgan fingerprint density at radius 1 is 1.12 bits per heavy atom. The largest absolute Gasteiger partial charge is 0.490 e. The summed E-state index contributed by atoms with van der Waals surface area (Å²) in [6.45, 7) is 5.15. The first-order chi connectivity index (χ1) is 12.7. The van der Waals surface area contributed by atoms with Crippen molar-refractivity contribution < 1.29 is 14.3 Å². The molecule has 0 radical (unpaired) electrons. The fourth-order valence-corrected chi connectivity index (χ4v) is 3.39. The predicted octanol–water partition coefficient (Wildman–Crippen LogP) is 4.68. The van der Waals surface area contributed by atoms with Gasteiger partial charge in [-0.1, -0.05) is 31.2 Å². The van der Waals surface area contributed by atoms with E-state index in [4.69, 9.17) is 9.47 Å². The third-order valence-electron chi connectivity index (χ3n) is 4.64. The van der Waals surface area contributed by atoms with Crippen LogP contribution in [-0.4, -0.2) is 19.1 Å². The predicted molar refractivity (Wildman–Crippen MR) is 103 cm³/mol. The lowest BCUT2D eigenvalue weighted by Crippen LogP contribution is -2.31. The van der Waals surface area contributed by atoms with Gasteiger partial charge in [0.15, 0.2) is 11.5 Å². The summed E-state index contributed by atoms with van der Waals surface area (Å²) in [4.78, 5) is 12.8. The van der Waals surface area contributed by atoms with E-state index < -0.39 is 0 Å². The Balaban J connectivity index is 1.77. The fraction of sp³-hybridized carbons (Fsp3) is 0.409. The van der Waals surface area contributed by atoms with E-state index in [9.17, 15) is 4.79 Å². The van der Waals surface area contributed by atoms with E-state index >= 15 is 0 Å². The smallest absolute Gasteiger partial charge is 0.251 e. The second-order valence-electron chi connectivity index (χ2n) is 6.56. The topological polar surface area (TPSA) is 47.6 Å². The summed E-state index contributed by atoms with van der Waals surface area (Å²) in [5, 5.41) is 3.19. The molecular formula is C22H27NO3. The van der Waals surface area contributed by atoms with Crippen LogP contribution in [0.1, 0.15) is 60.6 Å². The highest BCUT2D eigenvalue weighted by atomic mass is 16.5. The third kappa shape index (κ3) is 4.18. The van der Waals surface area contributed by atoms with Gasteiger partial charge >= 0.3 is 0 Å². The molecule has 4 heteroatoms. The first kappa shape index (κ1) is 18.3. The van der Waals surface area contributed by atoms with Crippen molar-refractivity contribution in [2.45, 2.75) is 45.6 Å². The van der Waals surface area contributed by atoms with Gasteiger partial charge in [-0.3, -0.25) is 4.79 Å². The van der Waals surface area contributed by atoms with Crippen LogP contribution in [0.15, 0.2) is 42.5 Å². The van der Waals surface area contributed by atoms with Crippen LogP contribution in [0.25, 0.3) is 0 Å². The Morgan fingerprint density at radius 2 is 1.96 bits per heavy atom. The minimum atomic E-state index is -0.0744. The number of hydrogen-bond acceptors (Lipinski definition) is 3. The van der Waals surface area contributed by atoms with Gasteiger partial charge in [-0.25, -0.2) is 0 Å². The van der Waals surface area contributed by atoms with Gasteiger partial charge in [0, 0.05) is 5.56 Å². The van der Waals surface area contributed by atoms with Crippen molar-refractivity contribution in [2.24, 2.45) is 0 Å². The molecule has 0 aromatic heterocycles. The molecule has 26 heavy (non-hydrogen) atoms. The minimum absolute atomic E-state index is 0.0685. The monoisotopic (exact) mass is 353 g/mol. The molecule has 0 heterocycles. The number of carbonyl (C=O) groups excluding carboxylic acids is 1. The van der Waals surface area contributed by atoms with Crippen LogP contribution >= 0.6 is 0 Å². The molecule has 1 amide bonds. The van der Waals surface area contributed by atoms with Crippen molar-refractivity contribution in [3.05, 3.63) is 59.2 Å². The standard InChI is InChI=1S/C22H27NO3/c1-3-14-26-20-13-12-17(15-21(20)25-4-2)22(24)23-19-11-7-9-16-8-5-6-10-18(16)19/h5-6,8,10,12-13,15,19H,3-4,7,9,11,14H2,1-2H3,(H,23,24)/t19-/m1/s1. The van der Waals surface area contributed by atoms with Crippen molar-refractivity contribution in [1.29, 1.82) is 0 Å². The molecule has 1 N–H and O–H groups in total. The summed E-state index contributed by atoms with van der Waals surface area (Å²) in [6.07, 6.45) is 4.07. The van der Waals surface area contributed by atoms with E-state index in [1.807, 2.05) is 19.1 Å². The number of amides is 1. The van der Waals surface area contributed by atoms with Gasteiger partial charge in [0.1, 0.15) is 0 Å². The van der Waals surface area contributed by atoms with E-state index in [0.717, 1.165) is 25.7 Å². The number of rotatable bonds is 7. The second kappa shape index (κ2) is 8.75. The Hall–Kier alpha value is -2.49. The molecule has 4 nitrogen and oxygen atoms in total. The van der Waals surface area contributed by atoms with Crippen LogP contribution in [0, 0.1) is 0 Å². The highest BCUT2D eigenvalue weighted by Crippen LogP contribution is 2.31. The lowest BCUT2D eigenvalue weighted by molar-refractivity contribution is 0.0932. The number of nitrogens with one attached hydrogen (secondary N) is 1. The lowest BCUT2D eigenvalue weighted by atomic mass is 9.87. The Morgan fingerprint density at radius 3 is 2.77 bits per heavy atom. The fourth-order valence-electron chi connectivity index (χ4n) is 3.39. The lowest BCUT2D eigenvalue weighted by Gasteiger charge is -2.26. The molecule has 3 rings (SSSR count). The Bertz CT molecular complexity index is 757.